The second kappa shape index (κ2) is 6.15. The van der Waals surface area contributed by atoms with Crippen LogP contribution in [0.25, 0.3) is 0 Å². The number of halogens is 1. The summed E-state index contributed by atoms with van der Waals surface area (Å²) >= 11 is 10.4. The molecule has 6 heteroatoms. The molecule has 0 rings (SSSR count). The average Bonchev–Trinajstić information content (AvgIpc) is 2.07. The van der Waals surface area contributed by atoms with Gasteiger partial charge >= 0.3 is 7.12 Å². The van der Waals surface area contributed by atoms with Crippen LogP contribution >= 0.6 is 11.6 Å². The van der Waals surface area contributed by atoms with Gasteiger partial charge in [-0.15, -0.1) is 0 Å². The minimum atomic E-state index is -1.65. The molecule has 0 spiro atoms. The monoisotopic (exact) mass is 218 g/mol. The van der Waals surface area contributed by atoms with E-state index in [2.05, 4.69) is 24.1 Å². The van der Waals surface area contributed by atoms with Crippen molar-refractivity contribution in [1.82, 2.24) is 4.72 Å². The molecule has 0 saturated carbocycles. The molecule has 0 saturated heterocycles. The Bertz CT molecular complexity index is 253. The van der Waals surface area contributed by atoms with Gasteiger partial charge in [-0.3, -0.25) is 0 Å². The van der Waals surface area contributed by atoms with Gasteiger partial charge in [0.25, 0.3) is 0 Å². The summed E-state index contributed by atoms with van der Waals surface area (Å²) in [5, 5.41) is 17.9. The highest BCUT2D eigenvalue weighted by Crippen LogP contribution is 2.18. The highest BCUT2D eigenvalue weighted by Gasteiger charge is 2.16. The number of allylic oxidation sites excluding steroid dienone is 4. The van der Waals surface area contributed by atoms with Crippen molar-refractivity contribution in [2.24, 2.45) is 0 Å². The summed E-state index contributed by atoms with van der Waals surface area (Å²) in [5.41, 5.74) is 0.562. The third-order valence-electron chi connectivity index (χ3n) is 1.39. The molecule has 72 valence electrons. The van der Waals surface area contributed by atoms with Crippen LogP contribution in [0.3, 0.4) is 0 Å². The van der Waals surface area contributed by atoms with Gasteiger partial charge in [0.2, 0.25) is 0 Å². The van der Waals surface area contributed by atoms with Gasteiger partial charge in [0.1, 0.15) is 0 Å². The van der Waals surface area contributed by atoms with E-state index >= 15 is 0 Å². The highest BCUT2D eigenvalue weighted by atomic mass is 35.5. The molecule has 0 aromatic rings. The van der Waals surface area contributed by atoms with Crippen molar-refractivity contribution < 1.29 is 10.0 Å². The van der Waals surface area contributed by atoms with Crippen molar-refractivity contribution in [2.75, 3.05) is 0 Å². The largest absolute Gasteiger partial charge is 0.670 e. The number of hydrogen-bond acceptors (Lipinski definition) is 4. The molecule has 0 amide bonds. The van der Waals surface area contributed by atoms with E-state index in [1.165, 1.54) is 6.08 Å². The van der Waals surface area contributed by atoms with E-state index in [0.29, 0.717) is 5.70 Å². The maximum atomic E-state index is 8.88. The number of nitrogens with one attached hydrogen (secondary N) is 1. The second-order valence-electron chi connectivity index (χ2n) is 2.15. The fraction of sp³-hybridized carbons (Fsp3) is 0.143. The molecule has 0 heterocycles. The molecular formula is C7H10BClNO2S-. The lowest BCUT2D eigenvalue weighted by molar-refractivity contribution is 0.420. The Hall–Kier alpha value is -0.355. The Kier molecular flexibility index (Phi) is 5.98. The molecule has 0 aliphatic rings. The van der Waals surface area contributed by atoms with E-state index in [1.807, 2.05) is 0 Å². The summed E-state index contributed by atoms with van der Waals surface area (Å²) in [4.78, 5) is 0. The molecule has 0 atom stereocenters. The summed E-state index contributed by atoms with van der Waals surface area (Å²) < 4.78 is 2.41. The van der Waals surface area contributed by atoms with Gasteiger partial charge in [-0.2, -0.15) is 0 Å². The van der Waals surface area contributed by atoms with Crippen LogP contribution in [0.15, 0.2) is 34.9 Å². The van der Waals surface area contributed by atoms with E-state index in [1.54, 1.807) is 13.0 Å². The van der Waals surface area contributed by atoms with E-state index in [9.17, 15) is 0 Å². The van der Waals surface area contributed by atoms with E-state index in [0.717, 1.165) is 0 Å². The normalized spacial score (nSPS) is 13.5. The first-order chi connectivity index (χ1) is 6.08. The molecule has 3 N–H and O–H groups in total. The van der Waals surface area contributed by atoms with Gasteiger partial charge in [-0.05, 0) is 6.92 Å². The maximum absolute atomic E-state index is 8.88. The van der Waals surface area contributed by atoms with E-state index < -0.39 is 7.12 Å². The SMILES string of the molecule is C=C/C(B(O)O)=C(Cl)\C(=C/C)N[S-]. The second-order valence-corrected chi connectivity index (χ2v) is 2.73. The topological polar surface area (TPSA) is 52.5 Å². The summed E-state index contributed by atoms with van der Waals surface area (Å²) in [7, 11) is -1.65. The molecule has 0 unspecified atom stereocenters. The zero-order chi connectivity index (χ0) is 10.4. The van der Waals surface area contributed by atoms with Gasteiger partial charge < -0.3 is 27.6 Å². The quantitative estimate of drug-likeness (QED) is 0.368. The van der Waals surface area contributed by atoms with E-state index in [4.69, 9.17) is 21.6 Å². The fourth-order valence-electron chi connectivity index (χ4n) is 0.694. The maximum Gasteiger partial charge on any atom is 0.490 e. The molecular weight excluding hydrogens is 208 g/mol. The fourth-order valence-corrected chi connectivity index (χ4v) is 1.30. The Morgan fingerprint density at radius 2 is 2.15 bits per heavy atom. The van der Waals surface area contributed by atoms with Gasteiger partial charge in [0.15, 0.2) is 0 Å². The van der Waals surface area contributed by atoms with Crippen LogP contribution in [0.5, 0.6) is 0 Å². The first kappa shape index (κ1) is 12.6. The molecule has 3 nitrogen and oxygen atoms in total. The number of rotatable bonds is 4. The van der Waals surface area contributed by atoms with Gasteiger partial charge in [0, 0.05) is 11.2 Å². The van der Waals surface area contributed by atoms with Crippen LogP contribution in [0.1, 0.15) is 6.92 Å². The Labute approximate surface area is 88.5 Å². The average molecular weight is 218 g/mol. The molecule has 0 aromatic carbocycles. The predicted molar refractivity (Wildman–Crippen MR) is 57.5 cm³/mol. The van der Waals surface area contributed by atoms with E-state index in [-0.39, 0.29) is 10.5 Å². The van der Waals surface area contributed by atoms with Crippen molar-refractivity contribution in [3.63, 3.8) is 0 Å². The van der Waals surface area contributed by atoms with Crippen molar-refractivity contribution >= 4 is 31.5 Å². The van der Waals surface area contributed by atoms with Crippen LogP contribution in [0, 0.1) is 0 Å². The first-order valence-electron chi connectivity index (χ1n) is 3.51. The van der Waals surface area contributed by atoms with Crippen LogP contribution in [-0.2, 0) is 12.8 Å². The van der Waals surface area contributed by atoms with Crippen LogP contribution in [-0.4, -0.2) is 17.2 Å². The first-order valence-corrected chi connectivity index (χ1v) is 4.30. The summed E-state index contributed by atoms with van der Waals surface area (Å²) in [5.74, 6) is 0. The molecule has 0 bridgehead atoms. The molecule has 0 fully saturated rings. The smallest absolute Gasteiger partial charge is 0.490 e. The summed E-state index contributed by atoms with van der Waals surface area (Å²) in [6.45, 7) is 5.13. The molecule has 0 radical (unpaired) electrons. The van der Waals surface area contributed by atoms with Crippen molar-refractivity contribution in [3.05, 3.63) is 34.9 Å². The minimum Gasteiger partial charge on any atom is -0.670 e. The Morgan fingerprint density at radius 1 is 1.62 bits per heavy atom. The standard InChI is InChI=1S/C7H10BClNO2S/c1-3-5(8(11)12)7(9)6(4-2)10-13/h3-4,10-12H,1H2,2H3/q-1/b6-4+,7-5-. The molecule has 0 aromatic heterocycles. The zero-order valence-corrected chi connectivity index (χ0v) is 8.69. The zero-order valence-electron chi connectivity index (χ0n) is 7.12. The molecule has 0 aliphatic heterocycles. The lowest BCUT2D eigenvalue weighted by Crippen LogP contribution is -2.17. The van der Waals surface area contributed by atoms with Crippen molar-refractivity contribution in [1.29, 1.82) is 0 Å². The van der Waals surface area contributed by atoms with Gasteiger partial charge in [0.05, 0.1) is 5.03 Å². The van der Waals surface area contributed by atoms with Gasteiger partial charge in [-0.25, -0.2) is 0 Å². The summed E-state index contributed by atoms with van der Waals surface area (Å²) in [6.07, 6.45) is 2.89. The van der Waals surface area contributed by atoms with Crippen molar-refractivity contribution in [3.8, 4) is 0 Å². The highest BCUT2D eigenvalue weighted by molar-refractivity contribution is 7.56. The lowest BCUT2D eigenvalue weighted by Gasteiger charge is -2.15. The van der Waals surface area contributed by atoms with Crippen LogP contribution in [0.2, 0.25) is 0 Å². The lowest BCUT2D eigenvalue weighted by atomic mass is 9.78. The van der Waals surface area contributed by atoms with Crippen LogP contribution in [0.4, 0.5) is 0 Å². The summed E-state index contributed by atoms with van der Waals surface area (Å²) in [6, 6.07) is 0. The molecule has 13 heavy (non-hydrogen) atoms. The number of hydrogen-bond donors (Lipinski definition) is 3. The van der Waals surface area contributed by atoms with Crippen molar-refractivity contribution in [2.45, 2.75) is 6.92 Å². The predicted octanol–water partition coefficient (Wildman–Crippen LogP) is 0.633. The Morgan fingerprint density at radius 3 is 2.38 bits per heavy atom. The third-order valence-corrected chi connectivity index (χ3v) is 2.03. The van der Waals surface area contributed by atoms with Gasteiger partial charge in [-0.1, -0.05) is 30.3 Å². The Balaban J connectivity index is 5.06. The minimum absolute atomic E-state index is 0.118. The molecule has 0 aliphatic carbocycles. The van der Waals surface area contributed by atoms with Crippen LogP contribution < -0.4 is 4.72 Å². The third kappa shape index (κ3) is 3.48.